The van der Waals surface area contributed by atoms with Crippen molar-refractivity contribution in [3.63, 3.8) is 0 Å². The van der Waals surface area contributed by atoms with E-state index in [0.29, 0.717) is 6.02 Å². The topological polar surface area (TPSA) is 47.6 Å². The first-order valence-corrected chi connectivity index (χ1v) is 4.80. The molecule has 0 amide bonds. The average molecular weight is 168 g/mol. The average Bonchev–Trinajstić information content (AvgIpc) is 2.30. The van der Waals surface area contributed by atoms with Crippen LogP contribution in [0.5, 0.6) is 0 Å². The zero-order chi connectivity index (χ0) is 8.44. The summed E-state index contributed by atoms with van der Waals surface area (Å²) in [5.41, 5.74) is 5.52. The Bertz CT molecular complexity index is 193. The molecule has 1 fully saturated rings. The lowest BCUT2D eigenvalue weighted by Crippen LogP contribution is -2.34. The lowest BCUT2D eigenvalue weighted by atomic mass is 9.95. The van der Waals surface area contributed by atoms with Gasteiger partial charge in [0.05, 0.1) is 6.54 Å². The van der Waals surface area contributed by atoms with Gasteiger partial charge in [0.15, 0.2) is 0 Å². The van der Waals surface area contributed by atoms with Crippen molar-refractivity contribution in [3.05, 3.63) is 0 Å². The van der Waals surface area contributed by atoms with Crippen LogP contribution in [0.25, 0.3) is 0 Å². The maximum atomic E-state index is 5.60. The van der Waals surface area contributed by atoms with E-state index < -0.39 is 0 Å². The van der Waals surface area contributed by atoms with E-state index in [9.17, 15) is 0 Å². The van der Waals surface area contributed by atoms with Gasteiger partial charge in [-0.3, -0.25) is 0 Å². The van der Waals surface area contributed by atoms with Crippen molar-refractivity contribution >= 4 is 6.02 Å². The van der Waals surface area contributed by atoms with Crippen LogP contribution in [0.15, 0.2) is 4.99 Å². The van der Waals surface area contributed by atoms with Gasteiger partial charge in [-0.1, -0.05) is 12.8 Å². The third kappa shape index (κ3) is 1.40. The number of ether oxygens (including phenoxy) is 1. The molecule has 1 saturated carbocycles. The van der Waals surface area contributed by atoms with Crippen molar-refractivity contribution in [2.24, 2.45) is 10.7 Å². The Labute approximate surface area is 73.0 Å². The summed E-state index contributed by atoms with van der Waals surface area (Å²) in [6.07, 6.45) is 7.48. The van der Waals surface area contributed by atoms with Crippen LogP contribution in [0.2, 0.25) is 0 Å². The van der Waals surface area contributed by atoms with Crippen LogP contribution in [0.3, 0.4) is 0 Å². The molecular formula is C9H16N2O. The predicted molar refractivity (Wildman–Crippen MR) is 48.0 cm³/mol. The van der Waals surface area contributed by atoms with Crippen LogP contribution in [-0.2, 0) is 4.74 Å². The van der Waals surface area contributed by atoms with E-state index in [4.69, 9.17) is 10.5 Å². The second kappa shape index (κ2) is 2.96. The van der Waals surface area contributed by atoms with Gasteiger partial charge < -0.3 is 10.5 Å². The van der Waals surface area contributed by atoms with Crippen LogP contribution in [0, 0.1) is 0 Å². The summed E-state index contributed by atoms with van der Waals surface area (Å²) in [5, 5.41) is 0. The normalized spacial score (nSPS) is 27.8. The number of nitrogens with zero attached hydrogens (tertiary/aromatic N) is 1. The molecule has 2 rings (SSSR count). The third-order valence-corrected chi connectivity index (χ3v) is 2.86. The summed E-state index contributed by atoms with van der Waals surface area (Å²) in [6, 6.07) is 0.400. The molecule has 0 radical (unpaired) electrons. The lowest BCUT2D eigenvalue weighted by molar-refractivity contribution is 0.0689. The summed E-state index contributed by atoms with van der Waals surface area (Å²) < 4.78 is 5.60. The monoisotopic (exact) mass is 168 g/mol. The van der Waals surface area contributed by atoms with Gasteiger partial charge in [0.1, 0.15) is 5.60 Å². The minimum absolute atomic E-state index is 0.000579. The van der Waals surface area contributed by atoms with Crippen molar-refractivity contribution in [1.82, 2.24) is 0 Å². The van der Waals surface area contributed by atoms with E-state index in [0.717, 1.165) is 19.4 Å². The largest absolute Gasteiger partial charge is 0.457 e. The molecule has 0 atom stereocenters. The molecule has 1 spiro atoms. The van der Waals surface area contributed by atoms with Crippen LogP contribution in [0.1, 0.15) is 38.5 Å². The molecule has 68 valence electrons. The first-order valence-electron chi connectivity index (χ1n) is 4.80. The Morgan fingerprint density at radius 2 is 1.83 bits per heavy atom. The number of hydrogen-bond acceptors (Lipinski definition) is 3. The predicted octanol–water partition coefficient (Wildman–Crippen LogP) is 1.42. The quantitative estimate of drug-likeness (QED) is 0.594. The highest BCUT2D eigenvalue weighted by molar-refractivity contribution is 5.73. The van der Waals surface area contributed by atoms with Crippen molar-refractivity contribution in [1.29, 1.82) is 0 Å². The van der Waals surface area contributed by atoms with Crippen molar-refractivity contribution in [2.45, 2.75) is 44.1 Å². The molecule has 1 heterocycles. The molecule has 3 heteroatoms. The van der Waals surface area contributed by atoms with E-state index in [1.165, 1.54) is 25.7 Å². The molecule has 0 aromatic carbocycles. The summed E-state index contributed by atoms with van der Waals surface area (Å²) in [5.74, 6) is 0. The van der Waals surface area contributed by atoms with Crippen LogP contribution >= 0.6 is 0 Å². The smallest absolute Gasteiger partial charge is 0.282 e. The molecule has 0 bridgehead atoms. The van der Waals surface area contributed by atoms with Crippen LogP contribution in [-0.4, -0.2) is 18.2 Å². The minimum Gasteiger partial charge on any atom is -0.457 e. The third-order valence-electron chi connectivity index (χ3n) is 2.86. The summed E-state index contributed by atoms with van der Waals surface area (Å²) in [6.45, 7) is 0.791. The van der Waals surface area contributed by atoms with Gasteiger partial charge in [-0.2, -0.15) is 0 Å². The van der Waals surface area contributed by atoms with E-state index in [1.54, 1.807) is 0 Å². The summed E-state index contributed by atoms with van der Waals surface area (Å²) in [7, 11) is 0. The first kappa shape index (κ1) is 7.90. The summed E-state index contributed by atoms with van der Waals surface area (Å²) in [4.78, 5) is 4.13. The maximum Gasteiger partial charge on any atom is 0.282 e. The van der Waals surface area contributed by atoms with E-state index in [1.807, 2.05) is 0 Å². The number of aliphatic imine (C=N–C) groups is 1. The zero-order valence-electron chi connectivity index (χ0n) is 7.38. The molecule has 3 nitrogen and oxygen atoms in total. The molecule has 2 N–H and O–H groups in total. The zero-order valence-corrected chi connectivity index (χ0v) is 7.38. The molecule has 2 aliphatic rings. The Hall–Kier alpha value is -0.730. The molecule has 0 saturated heterocycles. The fraction of sp³-hybridized carbons (Fsp3) is 0.889. The van der Waals surface area contributed by atoms with Crippen molar-refractivity contribution < 1.29 is 4.74 Å². The highest BCUT2D eigenvalue weighted by atomic mass is 16.5. The number of rotatable bonds is 0. The van der Waals surface area contributed by atoms with Crippen molar-refractivity contribution in [3.8, 4) is 0 Å². The molecule has 1 aliphatic heterocycles. The fourth-order valence-corrected chi connectivity index (χ4v) is 2.14. The Kier molecular flexibility index (Phi) is 1.95. The second-order valence-corrected chi connectivity index (χ2v) is 3.85. The second-order valence-electron chi connectivity index (χ2n) is 3.85. The van der Waals surface area contributed by atoms with Gasteiger partial charge in [-0.05, 0) is 25.7 Å². The summed E-state index contributed by atoms with van der Waals surface area (Å²) >= 11 is 0. The Morgan fingerprint density at radius 3 is 2.33 bits per heavy atom. The highest BCUT2D eigenvalue weighted by Crippen LogP contribution is 2.33. The van der Waals surface area contributed by atoms with Crippen LogP contribution in [0.4, 0.5) is 0 Å². The van der Waals surface area contributed by atoms with E-state index in [-0.39, 0.29) is 5.60 Å². The molecule has 1 aliphatic carbocycles. The first-order chi connectivity index (χ1) is 5.81. The van der Waals surface area contributed by atoms with E-state index >= 15 is 0 Å². The number of nitrogens with two attached hydrogens (primary N) is 1. The number of amidine groups is 1. The molecule has 0 aromatic rings. The lowest BCUT2D eigenvalue weighted by Gasteiger charge is -2.25. The molecule has 12 heavy (non-hydrogen) atoms. The molecule has 0 unspecified atom stereocenters. The molecule has 0 aromatic heterocycles. The minimum atomic E-state index is 0.000579. The van der Waals surface area contributed by atoms with Gasteiger partial charge in [0.25, 0.3) is 6.02 Å². The standard InChI is InChI=1S/C9H16N2O/c10-8-11-7-9(12-8)5-3-1-2-4-6-9/h1-7H2,(H2,10,11). The van der Waals surface area contributed by atoms with Gasteiger partial charge in [0, 0.05) is 0 Å². The van der Waals surface area contributed by atoms with Gasteiger partial charge in [-0.25, -0.2) is 4.99 Å². The number of hydrogen-bond donors (Lipinski definition) is 1. The van der Waals surface area contributed by atoms with Crippen molar-refractivity contribution in [2.75, 3.05) is 6.54 Å². The maximum absolute atomic E-state index is 5.60. The fourth-order valence-electron chi connectivity index (χ4n) is 2.14. The van der Waals surface area contributed by atoms with Gasteiger partial charge in [0.2, 0.25) is 0 Å². The Balaban J connectivity index is 2.01. The molecular weight excluding hydrogens is 152 g/mol. The van der Waals surface area contributed by atoms with E-state index in [2.05, 4.69) is 4.99 Å². The van der Waals surface area contributed by atoms with Crippen LogP contribution < -0.4 is 5.73 Å². The van der Waals surface area contributed by atoms with Gasteiger partial charge >= 0.3 is 0 Å². The SMILES string of the molecule is NC1=NCC2(CCCCCC2)O1. The van der Waals surface area contributed by atoms with Gasteiger partial charge in [-0.15, -0.1) is 0 Å². The highest BCUT2D eigenvalue weighted by Gasteiger charge is 2.37. The Morgan fingerprint density at radius 1 is 1.17 bits per heavy atom.